The Hall–Kier alpha value is 0.310. The van der Waals surface area contributed by atoms with Crippen molar-refractivity contribution >= 4 is 11.8 Å². The Morgan fingerprint density at radius 3 is 1.38 bits per heavy atom. The van der Waals surface area contributed by atoms with Gasteiger partial charge in [0.15, 0.2) is 0 Å². The maximum Gasteiger partial charge on any atom is 0.125 e. The molecule has 0 amide bonds. The van der Waals surface area contributed by atoms with Crippen molar-refractivity contribution in [2.75, 3.05) is 32.3 Å². The van der Waals surface area contributed by atoms with E-state index in [9.17, 15) is 0 Å². The molecule has 0 aromatic rings. The fourth-order valence-electron chi connectivity index (χ4n) is 3.10. The maximum atomic E-state index is 2.48. The van der Waals surface area contributed by atoms with Crippen molar-refractivity contribution in [1.29, 1.82) is 0 Å². The summed E-state index contributed by atoms with van der Waals surface area (Å²) in [6, 6.07) is 0. The summed E-state index contributed by atoms with van der Waals surface area (Å²) in [5.74, 6) is 1.30. The Kier molecular flexibility index (Phi) is 15.4. The summed E-state index contributed by atoms with van der Waals surface area (Å²) in [4.78, 5) is 0. The van der Waals surface area contributed by atoms with Crippen LogP contribution in [-0.2, 0) is 0 Å². The van der Waals surface area contributed by atoms with Crippen molar-refractivity contribution in [3.63, 3.8) is 0 Å². The number of unbranched alkanes of at least 4 members (excludes halogenated alkanes) is 10. The second-order valence-corrected chi connectivity index (χ2v) is 7.86. The van der Waals surface area contributed by atoms with Gasteiger partial charge in [-0.05, 0) is 31.9 Å². The Morgan fingerprint density at radius 1 is 0.619 bits per heavy atom. The zero-order chi connectivity index (χ0) is 15.8. The van der Waals surface area contributed by atoms with Gasteiger partial charge >= 0.3 is 0 Å². The van der Waals surface area contributed by atoms with E-state index in [2.05, 4.69) is 27.2 Å². The first-order valence-electron chi connectivity index (χ1n) is 9.51. The molecule has 0 aliphatic heterocycles. The lowest BCUT2D eigenvalue weighted by Crippen LogP contribution is -2.45. The van der Waals surface area contributed by atoms with Gasteiger partial charge in [-0.25, -0.2) is 0 Å². The molecule has 0 radical (unpaired) electrons. The summed E-state index contributed by atoms with van der Waals surface area (Å²) in [5.41, 5.74) is 0. The van der Waals surface area contributed by atoms with Crippen LogP contribution in [0.3, 0.4) is 0 Å². The molecule has 0 saturated carbocycles. The van der Waals surface area contributed by atoms with Gasteiger partial charge in [0.1, 0.15) is 5.88 Å². The molecule has 0 atom stereocenters. The smallest absolute Gasteiger partial charge is 0.125 e. The Balaban J connectivity index is 3.73. The monoisotopic (exact) mass is 316 g/mol. The Bertz CT molecular complexity index is 190. The molecule has 0 aliphatic rings. The summed E-state index contributed by atoms with van der Waals surface area (Å²) in [5, 5.41) is 0. The van der Waals surface area contributed by atoms with Crippen LogP contribution in [0, 0.1) is 0 Å². The molecule has 0 aromatic carbocycles. The minimum Gasteiger partial charge on any atom is -0.318 e. The van der Waals surface area contributed by atoms with Gasteiger partial charge in [-0.2, -0.15) is 0 Å². The summed E-state index contributed by atoms with van der Waals surface area (Å²) in [7, 11) is 2.48. The lowest BCUT2D eigenvalue weighted by molar-refractivity contribution is -0.897. The van der Waals surface area contributed by atoms with Gasteiger partial charge in [-0.3, -0.25) is 0 Å². The van der Waals surface area contributed by atoms with E-state index in [-0.39, 0.29) is 0 Å². The molecule has 128 valence electrons. The first kappa shape index (κ1) is 21.3. The van der Waals surface area contributed by atoms with Crippen molar-refractivity contribution in [1.82, 2.24) is 0 Å². The predicted octanol–water partition coefficient (Wildman–Crippen LogP) is 6.47. The molecule has 21 heavy (non-hydrogen) atoms. The van der Waals surface area contributed by atoms with Gasteiger partial charge in [-0.1, -0.05) is 65.2 Å². The standard InChI is InChI=1S/C19H42NS/c1-5-7-9-11-13-15-17-20(3,19-21-4)18-16-14-12-10-8-6-2/h5-19H2,1-4H3/q+1. The molecular formula is C19H42NS+. The number of hydrogen-bond acceptors (Lipinski definition) is 1. The van der Waals surface area contributed by atoms with Crippen LogP contribution >= 0.6 is 11.8 Å². The summed E-state index contributed by atoms with van der Waals surface area (Å²) in [6.45, 7) is 7.38. The number of hydrogen-bond donors (Lipinski definition) is 0. The molecule has 0 N–H and O–H groups in total. The fourth-order valence-corrected chi connectivity index (χ4v) is 3.98. The van der Waals surface area contributed by atoms with Crippen LogP contribution in [0.25, 0.3) is 0 Å². The second-order valence-electron chi connectivity index (χ2n) is 7.02. The van der Waals surface area contributed by atoms with E-state index >= 15 is 0 Å². The third-order valence-corrected chi connectivity index (χ3v) is 5.43. The van der Waals surface area contributed by atoms with Gasteiger partial charge in [0.2, 0.25) is 0 Å². The number of quaternary nitrogens is 1. The van der Waals surface area contributed by atoms with E-state index in [4.69, 9.17) is 0 Å². The van der Waals surface area contributed by atoms with Crippen molar-refractivity contribution in [2.24, 2.45) is 0 Å². The quantitative estimate of drug-likeness (QED) is 0.178. The van der Waals surface area contributed by atoms with E-state index in [1.807, 2.05) is 11.8 Å². The number of thioether (sulfide) groups is 1. The zero-order valence-electron chi connectivity index (χ0n) is 15.5. The molecule has 2 heteroatoms. The minimum atomic E-state index is 1.29. The highest BCUT2D eigenvalue weighted by molar-refractivity contribution is 7.98. The molecule has 0 bridgehead atoms. The molecule has 0 heterocycles. The molecule has 0 aromatic heterocycles. The molecule has 0 unspecified atom stereocenters. The largest absolute Gasteiger partial charge is 0.318 e. The van der Waals surface area contributed by atoms with E-state index in [1.165, 1.54) is 100 Å². The SMILES string of the molecule is CCCCCCCC[N+](C)(CCCCCCCC)CSC. The molecule has 0 aliphatic carbocycles. The molecule has 0 fully saturated rings. The highest BCUT2D eigenvalue weighted by atomic mass is 32.2. The van der Waals surface area contributed by atoms with Gasteiger partial charge in [0.25, 0.3) is 0 Å². The van der Waals surface area contributed by atoms with Crippen molar-refractivity contribution in [2.45, 2.75) is 90.9 Å². The first-order chi connectivity index (χ1) is 10.2. The van der Waals surface area contributed by atoms with Crippen molar-refractivity contribution in [3.8, 4) is 0 Å². The van der Waals surface area contributed by atoms with Gasteiger partial charge < -0.3 is 4.48 Å². The number of rotatable bonds is 16. The number of nitrogens with zero attached hydrogens (tertiary/aromatic N) is 1. The summed E-state index contributed by atoms with van der Waals surface area (Å²) >= 11 is 2.02. The van der Waals surface area contributed by atoms with Crippen LogP contribution in [0.4, 0.5) is 0 Å². The van der Waals surface area contributed by atoms with Crippen LogP contribution in [0.15, 0.2) is 0 Å². The Labute approximate surface area is 139 Å². The van der Waals surface area contributed by atoms with E-state index in [0.29, 0.717) is 0 Å². The van der Waals surface area contributed by atoms with Crippen LogP contribution in [0.1, 0.15) is 90.9 Å². The minimum absolute atomic E-state index is 1.29. The van der Waals surface area contributed by atoms with Crippen molar-refractivity contribution in [3.05, 3.63) is 0 Å². The average molecular weight is 317 g/mol. The zero-order valence-corrected chi connectivity index (χ0v) is 16.3. The first-order valence-corrected chi connectivity index (χ1v) is 10.9. The highest BCUT2D eigenvalue weighted by Crippen LogP contribution is 2.16. The van der Waals surface area contributed by atoms with Gasteiger partial charge in [0, 0.05) is 0 Å². The molecule has 0 spiro atoms. The summed E-state index contributed by atoms with van der Waals surface area (Å²) < 4.78 is 1.29. The third-order valence-electron chi connectivity index (χ3n) is 4.54. The van der Waals surface area contributed by atoms with Crippen molar-refractivity contribution < 1.29 is 4.48 Å². The predicted molar refractivity (Wildman–Crippen MR) is 101 cm³/mol. The molecule has 0 saturated heterocycles. The summed E-state index contributed by atoms with van der Waals surface area (Å²) in [6.07, 6.45) is 19.4. The Morgan fingerprint density at radius 2 is 1.00 bits per heavy atom. The average Bonchev–Trinajstić information content (AvgIpc) is 2.47. The van der Waals surface area contributed by atoms with Crippen LogP contribution in [0.2, 0.25) is 0 Å². The van der Waals surface area contributed by atoms with Crippen LogP contribution < -0.4 is 0 Å². The van der Waals surface area contributed by atoms with Crippen LogP contribution in [-0.4, -0.2) is 36.8 Å². The van der Waals surface area contributed by atoms with E-state index < -0.39 is 0 Å². The normalized spacial score (nSPS) is 12.0. The third kappa shape index (κ3) is 13.7. The van der Waals surface area contributed by atoms with Gasteiger partial charge in [-0.15, -0.1) is 11.8 Å². The lowest BCUT2D eigenvalue weighted by Gasteiger charge is -2.34. The molecule has 0 rings (SSSR count). The topological polar surface area (TPSA) is 0 Å². The maximum absolute atomic E-state index is 2.48. The van der Waals surface area contributed by atoms with E-state index in [1.54, 1.807) is 0 Å². The van der Waals surface area contributed by atoms with Gasteiger partial charge in [0.05, 0.1) is 20.1 Å². The highest BCUT2D eigenvalue weighted by Gasteiger charge is 2.19. The fraction of sp³-hybridized carbons (Fsp3) is 1.00. The second kappa shape index (κ2) is 15.2. The van der Waals surface area contributed by atoms with E-state index in [0.717, 1.165) is 0 Å². The van der Waals surface area contributed by atoms with Crippen LogP contribution in [0.5, 0.6) is 0 Å². The lowest BCUT2D eigenvalue weighted by atomic mass is 10.1. The molecule has 1 nitrogen and oxygen atoms in total. The molecular weight excluding hydrogens is 274 g/mol.